The second-order valence-corrected chi connectivity index (χ2v) is 4.41. The highest BCUT2D eigenvalue weighted by Crippen LogP contribution is 2.26. The average Bonchev–Trinajstić information content (AvgIpc) is 2.68. The van der Waals surface area contributed by atoms with Crippen molar-refractivity contribution in [3.63, 3.8) is 0 Å². The summed E-state index contributed by atoms with van der Waals surface area (Å²) in [5, 5.41) is 22.1. The van der Waals surface area contributed by atoms with Crippen LogP contribution in [0.2, 0.25) is 0 Å². The highest BCUT2D eigenvalue weighted by Gasteiger charge is 2.39. The fraction of sp³-hybridized carbons (Fsp3) is 0.462. The van der Waals surface area contributed by atoms with Crippen molar-refractivity contribution in [3.8, 4) is 6.07 Å². The number of hydrogen-bond donors (Lipinski definition) is 2. The molecule has 4 nitrogen and oxygen atoms in total. The van der Waals surface area contributed by atoms with Crippen LogP contribution in [0.5, 0.6) is 0 Å². The van der Waals surface area contributed by atoms with E-state index in [2.05, 4.69) is 11.4 Å². The molecule has 2 N–H and O–H groups in total. The van der Waals surface area contributed by atoms with Crippen LogP contribution < -0.4 is 5.32 Å². The molecule has 1 aliphatic rings. The van der Waals surface area contributed by atoms with Crippen molar-refractivity contribution in [2.45, 2.75) is 25.0 Å². The lowest BCUT2D eigenvalue weighted by Crippen LogP contribution is -2.43. The molecule has 1 heterocycles. The van der Waals surface area contributed by atoms with Crippen molar-refractivity contribution in [1.29, 1.82) is 5.26 Å². The monoisotopic (exact) mass is 232 g/mol. The Labute approximate surface area is 101 Å². The van der Waals surface area contributed by atoms with E-state index in [1.54, 1.807) is 12.1 Å². The molecule has 0 spiro atoms. The third-order valence-corrected chi connectivity index (χ3v) is 3.27. The summed E-state index contributed by atoms with van der Waals surface area (Å²) in [4.78, 5) is 0. The first-order valence-corrected chi connectivity index (χ1v) is 5.72. The second kappa shape index (κ2) is 4.74. The van der Waals surface area contributed by atoms with Gasteiger partial charge in [0.1, 0.15) is 5.60 Å². The lowest BCUT2D eigenvalue weighted by atomic mass is 9.96. The number of nitrogens with zero attached hydrogens (tertiary/aromatic N) is 1. The van der Waals surface area contributed by atoms with Crippen LogP contribution in [0.3, 0.4) is 0 Å². The molecular weight excluding hydrogens is 216 g/mol. The minimum absolute atomic E-state index is 0.145. The lowest BCUT2D eigenvalue weighted by molar-refractivity contribution is -0.0175. The first-order valence-electron chi connectivity index (χ1n) is 5.72. The largest absolute Gasteiger partial charge is 0.385 e. The van der Waals surface area contributed by atoms with Crippen LogP contribution in [-0.2, 0) is 4.74 Å². The van der Waals surface area contributed by atoms with Crippen molar-refractivity contribution in [2.24, 2.45) is 0 Å². The van der Waals surface area contributed by atoms with Gasteiger partial charge in [-0.1, -0.05) is 0 Å². The summed E-state index contributed by atoms with van der Waals surface area (Å²) in [6.45, 7) is 2.94. The molecule has 1 aliphatic heterocycles. The topological polar surface area (TPSA) is 65.3 Å². The number of nitriles is 1. The summed E-state index contributed by atoms with van der Waals surface area (Å²) in [7, 11) is 0. The van der Waals surface area contributed by atoms with Crippen LogP contribution >= 0.6 is 0 Å². The predicted molar refractivity (Wildman–Crippen MR) is 64.6 cm³/mol. The third kappa shape index (κ3) is 2.57. The van der Waals surface area contributed by atoms with E-state index >= 15 is 0 Å². The van der Waals surface area contributed by atoms with Crippen LogP contribution in [0.1, 0.15) is 18.9 Å². The Morgan fingerprint density at radius 2 is 2.24 bits per heavy atom. The molecule has 1 saturated heterocycles. The number of hydrogen-bond acceptors (Lipinski definition) is 4. The van der Waals surface area contributed by atoms with E-state index in [0.717, 1.165) is 5.69 Å². The van der Waals surface area contributed by atoms with E-state index in [-0.39, 0.29) is 6.10 Å². The van der Waals surface area contributed by atoms with Gasteiger partial charge in [-0.25, -0.2) is 0 Å². The Kier molecular flexibility index (Phi) is 3.32. The SMILES string of the molecule is CC1OCCC1(O)CNc1ccc(C#N)cc1. The highest BCUT2D eigenvalue weighted by atomic mass is 16.5. The Bertz CT molecular complexity index is 424. The van der Waals surface area contributed by atoms with Crippen molar-refractivity contribution >= 4 is 5.69 Å². The summed E-state index contributed by atoms with van der Waals surface area (Å²) < 4.78 is 5.36. The molecule has 4 heteroatoms. The van der Waals surface area contributed by atoms with Crippen molar-refractivity contribution in [3.05, 3.63) is 29.8 Å². The minimum atomic E-state index is -0.798. The van der Waals surface area contributed by atoms with Crippen molar-refractivity contribution in [1.82, 2.24) is 0 Å². The first kappa shape index (κ1) is 11.9. The molecule has 2 rings (SSSR count). The average molecular weight is 232 g/mol. The maximum Gasteiger partial charge on any atom is 0.110 e. The first-order chi connectivity index (χ1) is 8.14. The molecule has 0 amide bonds. The number of nitrogens with one attached hydrogen (secondary N) is 1. The zero-order valence-corrected chi connectivity index (χ0v) is 9.81. The van der Waals surface area contributed by atoms with Gasteiger partial charge in [0, 0.05) is 25.3 Å². The molecule has 90 valence electrons. The summed E-state index contributed by atoms with van der Waals surface area (Å²) in [6.07, 6.45) is 0.505. The van der Waals surface area contributed by atoms with Gasteiger partial charge in [0.15, 0.2) is 0 Å². The molecule has 0 aliphatic carbocycles. The van der Waals surface area contributed by atoms with E-state index < -0.39 is 5.60 Å². The number of aliphatic hydroxyl groups is 1. The van der Waals surface area contributed by atoms with Gasteiger partial charge < -0.3 is 15.2 Å². The van der Waals surface area contributed by atoms with Gasteiger partial charge >= 0.3 is 0 Å². The molecule has 1 fully saturated rings. The molecule has 2 unspecified atom stereocenters. The summed E-state index contributed by atoms with van der Waals surface area (Å²) in [5.74, 6) is 0. The van der Waals surface area contributed by atoms with E-state index in [4.69, 9.17) is 10.00 Å². The van der Waals surface area contributed by atoms with E-state index in [1.165, 1.54) is 0 Å². The molecule has 0 aromatic heterocycles. The Morgan fingerprint density at radius 1 is 1.53 bits per heavy atom. The quantitative estimate of drug-likeness (QED) is 0.829. The number of anilines is 1. The van der Waals surface area contributed by atoms with Crippen LogP contribution in [0.25, 0.3) is 0 Å². The van der Waals surface area contributed by atoms with Gasteiger partial charge in [0.25, 0.3) is 0 Å². The lowest BCUT2D eigenvalue weighted by Gasteiger charge is -2.26. The van der Waals surface area contributed by atoms with Gasteiger partial charge in [-0.15, -0.1) is 0 Å². The Morgan fingerprint density at radius 3 is 2.76 bits per heavy atom. The Balaban J connectivity index is 1.95. The predicted octanol–water partition coefficient (Wildman–Crippen LogP) is 1.51. The van der Waals surface area contributed by atoms with Crippen LogP contribution in [-0.4, -0.2) is 30.0 Å². The fourth-order valence-electron chi connectivity index (χ4n) is 1.92. The molecule has 2 atom stereocenters. The number of rotatable bonds is 3. The van der Waals surface area contributed by atoms with Crippen LogP contribution in [0.15, 0.2) is 24.3 Å². The highest BCUT2D eigenvalue weighted by molar-refractivity contribution is 5.47. The molecule has 0 radical (unpaired) electrons. The van der Waals surface area contributed by atoms with Gasteiger partial charge in [0.2, 0.25) is 0 Å². The minimum Gasteiger partial charge on any atom is -0.385 e. The van der Waals surface area contributed by atoms with Crippen molar-refractivity contribution < 1.29 is 9.84 Å². The van der Waals surface area contributed by atoms with Crippen LogP contribution in [0, 0.1) is 11.3 Å². The number of ether oxygens (including phenoxy) is 1. The van der Waals surface area contributed by atoms with Crippen molar-refractivity contribution in [2.75, 3.05) is 18.5 Å². The normalized spacial score (nSPS) is 27.7. The van der Waals surface area contributed by atoms with Gasteiger partial charge in [-0.2, -0.15) is 5.26 Å². The Hall–Kier alpha value is -1.57. The molecule has 17 heavy (non-hydrogen) atoms. The summed E-state index contributed by atoms with van der Waals surface area (Å²) >= 11 is 0. The van der Waals surface area contributed by atoms with Gasteiger partial charge in [0.05, 0.1) is 17.7 Å². The molecule has 1 aromatic rings. The molecule has 1 aromatic carbocycles. The molecular formula is C13H16N2O2. The zero-order chi connectivity index (χ0) is 12.3. The van der Waals surface area contributed by atoms with E-state index in [1.807, 2.05) is 19.1 Å². The second-order valence-electron chi connectivity index (χ2n) is 4.41. The maximum atomic E-state index is 10.3. The maximum absolute atomic E-state index is 10.3. The van der Waals surface area contributed by atoms with E-state index in [0.29, 0.717) is 25.1 Å². The summed E-state index contributed by atoms with van der Waals surface area (Å²) in [5.41, 5.74) is 0.733. The third-order valence-electron chi connectivity index (χ3n) is 3.27. The molecule has 0 saturated carbocycles. The standard InChI is InChI=1S/C13H16N2O2/c1-10-13(16,6-7-17-10)9-15-12-4-2-11(8-14)3-5-12/h2-5,10,15-16H,6-7,9H2,1H3. The summed E-state index contributed by atoms with van der Waals surface area (Å²) in [6, 6.07) is 9.24. The van der Waals surface area contributed by atoms with Gasteiger partial charge in [-0.05, 0) is 31.2 Å². The zero-order valence-electron chi connectivity index (χ0n) is 9.81. The molecule has 0 bridgehead atoms. The van der Waals surface area contributed by atoms with E-state index in [9.17, 15) is 5.11 Å². The van der Waals surface area contributed by atoms with Crippen LogP contribution in [0.4, 0.5) is 5.69 Å². The smallest absolute Gasteiger partial charge is 0.110 e. The number of benzene rings is 1. The van der Waals surface area contributed by atoms with Gasteiger partial charge in [-0.3, -0.25) is 0 Å². The fourth-order valence-corrected chi connectivity index (χ4v) is 1.92.